The number of ether oxygens (including phenoxy) is 2. The normalized spacial score (nSPS) is 18.7. The van der Waals surface area contributed by atoms with Gasteiger partial charge in [-0.15, -0.1) is 0 Å². The minimum Gasteiger partial charge on any atom is -0.486 e. The van der Waals surface area contributed by atoms with Crippen molar-refractivity contribution in [2.24, 2.45) is 5.92 Å². The Balaban J connectivity index is 1.84. The van der Waals surface area contributed by atoms with Crippen LogP contribution in [0, 0.1) is 5.92 Å². The molecule has 0 aliphatic carbocycles. The second-order valence-electron chi connectivity index (χ2n) is 6.96. The Labute approximate surface area is 137 Å². The third-order valence-corrected chi connectivity index (χ3v) is 4.69. The van der Waals surface area contributed by atoms with E-state index in [0.717, 1.165) is 49.4 Å². The molecule has 5 heteroatoms. The van der Waals surface area contributed by atoms with Gasteiger partial charge in [0, 0.05) is 24.6 Å². The smallest absolute Gasteiger partial charge is 0.163 e. The number of imidazole rings is 1. The first-order valence-electron chi connectivity index (χ1n) is 8.73. The standard InChI is InChI=1S/C18H25N3O2/c1-12(2)9-18-20-14-10-16-17(23-8-7-22-16)11-15(14)21(18)13-3-5-19-6-4-13/h10-13,19H,3-9H2,1-2H3. The van der Waals surface area contributed by atoms with Crippen LogP contribution in [0.2, 0.25) is 0 Å². The molecule has 1 aromatic heterocycles. The van der Waals surface area contributed by atoms with Crippen molar-refractivity contribution < 1.29 is 9.47 Å². The van der Waals surface area contributed by atoms with Crippen LogP contribution in [-0.2, 0) is 6.42 Å². The van der Waals surface area contributed by atoms with Crippen LogP contribution in [0.4, 0.5) is 0 Å². The van der Waals surface area contributed by atoms with Crippen LogP contribution >= 0.6 is 0 Å². The summed E-state index contributed by atoms with van der Waals surface area (Å²) in [6, 6.07) is 4.70. The molecular formula is C18H25N3O2. The molecule has 0 amide bonds. The molecule has 1 fully saturated rings. The molecule has 0 bridgehead atoms. The van der Waals surface area contributed by atoms with Gasteiger partial charge in [-0.25, -0.2) is 4.98 Å². The average molecular weight is 315 g/mol. The van der Waals surface area contributed by atoms with E-state index >= 15 is 0 Å². The predicted octanol–water partition coefficient (Wildman–Crippen LogP) is 2.93. The summed E-state index contributed by atoms with van der Waals surface area (Å²) in [7, 11) is 0. The Bertz CT molecular complexity index is 702. The Hall–Kier alpha value is -1.75. The van der Waals surface area contributed by atoms with Gasteiger partial charge < -0.3 is 19.4 Å². The van der Waals surface area contributed by atoms with E-state index in [1.165, 1.54) is 11.3 Å². The maximum Gasteiger partial charge on any atom is 0.163 e. The van der Waals surface area contributed by atoms with Crippen LogP contribution in [0.5, 0.6) is 11.5 Å². The second-order valence-corrected chi connectivity index (χ2v) is 6.96. The fraction of sp³-hybridized carbons (Fsp3) is 0.611. The highest BCUT2D eigenvalue weighted by molar-refractivity contribution is 5.81. The van der Waals surface area contributed by atoms with Crippen LogP contribution in [-0.4, -0.2) is 35.9 Å². The van der Waals surface area contributed by atoms with Crippen molar-refractivity contribution in [3.05, 3.63) is 18.0 Å². The lowest BCUT2D eigenvalue weighted by atomic mass is 10.0. The second kappa shape index (κ2) is 6.04. The molecule has 1 aromatic carbocycles. The Kier molecular flexibility index (Phi) is 3.89. The molecule has 23 heavy (non-hydrogen) atoms. The lowest BCUT2D eigenvalue weighted by Crippen LogP contribution is -2.30. The van der Waals surface area contributed by atoms with E-state index in [1.54, 1.807) is 0 Å². The molecule has 0 spiro atoms. The van der Waals surface area contributed by atoms with Gasteiger partial charge in [-0.1, -0.05) is 13.8 Å². The lowest BCUT2D eigenvalue weighted by Gasteiger charge is -2.27. The molecule has 2 aliphatic heterocycles. The number of nitrogens with zero attached hydrogens (tertiary/aromatic N) is 2. The van der Waals surface area contributed by atoms with Crippen molar-refractivity contribution in [1.82, 2.24) is 14.9 Å². The third-order valence-electron chi connectivity index (χ3n) is 4.69. The summed E-state index contributed by atoms with van der Waals surface area (Å²) >= 11 is 0. The molecule has 3 heterocycles. The van der Waals surface area contributed by atoms with Crippen molar-refractivity contribution in [3.63, 3.8) is 0 Å². The van der Waals surface area contributed by atoms with Gasteiger partial charge in [-0.2, -0.15) is 0 Å². The molecule has 0 unspecified atom stereocenters. The SMILES string of the molecule is CC(C)Cc1nc2cc3c(cc2n1C1CCNCC1)OCCO3. The first-order valence-corrected chi connectivity index (χ1v) is 8.73. The fourth-order valence-electron chi connectivity index (χ4n) is 3.66. The Morgan fingerprint density at radius 2 is 1.87 bits per heavy atom. The number of hydrogen-bond donors (Lipinski definition) is 1. The molecule has 1 saturated heterocycles. The number of rotatable bonds is 3. The molecule has 124 valence electrons. The Morgan fingerprint density at radius 1 is 1.17 bits per heavy atom. The van der Waals surface area contributed by atoms with E-state index in [0.29, 0.717) is 25.2 Å². The minimum atomic E-state index is 0.526. The van der Waals surface area contributed by atoms with E-state index in [2.05, 4.69) is 29.8 Å². The summed E-state index contributed by atoms with van der Waals surface area (Å²) in [4.78, 5) is 4.94. The van der Waals surface area contributed by atoms with E-state index in [4.69, 9.17) is 14.5 Å². The molecular weight excluding hydrogens is 290 g/mol. The van der Waals surface area contributed by atoms with Crippen LogP contribution in [0.1, 0.15) is 38.6 Å². The molecule has 4 rings (SSSR count). The monoisotopic (exact) mass is 315 g/mol. The Morgan fingerprint density at radius 3 is 2.57 bits per heavy atom. The fourth-order valence-corrected chi connectivity index (χ4v) is 3.66. The van der Waals surface area contributed by atoms with E-state index in [9.17, 15) is 0 Å². The zero-order valence-electron chi connectivity index (χ0n) is 14.0. The highest BCUT2D eigenvalue weighted by Crippen LogP contribution is 2.37. The zero-order valence-corrected chi connectivity index (χ0v) is 14.0. The van der Waals surface area contributed by atoms with Crippen molar-refractivity contribution in [2.75, 3.05) is 26.3 Å². The summed E-state index contributed by atoms with van der Waals surface area (Å²) in [5.74, 6) is 3.48. The summed E-state index contributed by atoms with van der Waals surface area (Å²) in [6.07, 6.45) is 3.32. The van der Waals surface area contributed by atoms with Crippen molar-refractivity contribution in [3.8, 4) is 11.5 Å². The topological polar surface area (TPSA) is 48.3 Å². The predicted molar refractivity (Wildman–Crippen MR) is 90.4 cm³/mol. The molecule has 0 saturated carbocycles. The highest BCUT2D eigenvalue weighted by Gasteiger charge is 2.24. The number of hydrogen-bond acceptors (Lipinski definition) is 4. The molecule has 0 atom stereocenters. The third kappa shape index (κ3) is 2.78. The van der Waals surface area contributed by atoms with Crippen molar-refractivity contribution >= 4 is 11.0 Å². The number of fused-ring (bicyclic) bond motifs is 2. The highest BCUT2D eigenvalue weighted by atomic mass is 16.6. The van der Waals surface area contributed by atoms with Gasteiger partial charge in [0.2, 0.25) is 0 Å². The summed E-state index contributed by atoms with van der Waals surface area (Å²) in [5.41, 5.74) is 2.22. The lowest BCUT2D eigenvalue weighted by molar-refractivity contribution is 0.172. The summed E-state index contributed by atoms with van der Waals surface area (Å²) in [5, 5.41) is 3.46. The molecule has 2 aromatic rings. The van der Waals surface area contributed by atoms with E-state index < -0.39 is 0 Å². The van der Waals surface area contributed by atoms with Crippen molar-refractivity contribution in [2.45, 2.75) is 39.2 Å². The van der Waals surface area contributed by atoms with Crippen molar-refractivity contribution in [1.29, 1.82) is 0 Å². The first kappa shape index (κ1) is 14.8. The van der Waals surface area contributed by atoms with Crippen LogP contribution in [0.25, 0.3) is 11.0 Å². The molecule has 0 radical (unpaired) electrons. The number of benzene rings is 1. The van der Waals surface area contributed by atoms with Crippen LogP contribution in [0.15, 0.2) is 12.1 Å². The van der Waals surface area contributed by atoms with Gasteiger partial charge in [0.1, 0.15) is 19.0 Å². The van der Waals surface area contributed by atoms with Gasteiger partial charge in [0.15, 0.2) is 11.5 Å². The number of piperidine rings is 1. The molecule has 1 N–H and O–H groups in total. The quantitative estimate of drug-likeness (QED) is 0.946. The van der Waals surface area contributed by atoms with E-state index in [1.807, 2.05) is 6.07 Å². The van der Waals surface area contributed by atoms with Gasteiger partial charge in [-0.05, 0) is 31.8 Å². The van der Waals surface area contributed by atoms with Crippen LogP contribution in [0.3, 0.4) is 0 Å². The van der Waals surface area contributed by atoms with Gasteiger partial charge in [-0.3, -0.25) is 0 Å². The summed E-state index contributed by atoms with van der Waals surface area (Å²) < 4.78 is 14.0. The van der Waals surface area contributed by atoms with Gasteiger partial charge in [0.05, 0.1) is 11.0 Å². The molecule has 2 aliphatic rings. The van der Waals surface area contributed by atoms with Gasteiger partial charge >= 0.3 is 0 Å². The maximum absolute atomic E-state index is 5.79. The van der Waals surface area contributed by atoms with Gasteiger partial charge in [0.25, 0.3) is 0 Å². The minimum absolute atomic E-state index is 0.526. The maximum atomic E-state index is 5.79. The largest absolute Gasteiger partial charge is 0.486 e. The zero-order chi connectivity index (χ0) is 15.8. The first-order chi connectivity index (χ1) is 11.2. The van der Waals surface area contributed by atoms with Crippen LogP contribution < -0.4 is 14.8 Å². The number of aromatic nitrogens is 2. The number of nitrogens with one attached hydrogen (secondary N) is 1. The average Bonchev–Trinajstić information content (AvgIpc) is 2.89. The summed E-state index contributed by atoms with van der Waals surface area (Å²) in [6.45, 7) is 7.91. The molecule has 5 nitrogen and oxygen atoms in total. The van der Waals surface area contributed by atoms with E-state index in [-0.39, 0.29) is 0 Å².